The Morgan fingerprint density at radius 1 is 0.259 bits per heavy atom. The molecule has 2 nitrogen and oxygen atoms in total. The van der Waals surface area contributed by atoms with Gasteiger partial charge in [-0.15, -0.1) is 0 Å². The van der Waals surface area contributed by atoms with Gasteiger partial charge < -0.3 is 9.80 Å². The summed E-state index contributed by atoms with van der Waals surface area (Å²) < 4.78 is 0. The van der Waals surface area contributed by atoms with Crippen LogP contribution in [-0.4, -0.2) is 6.71 Å². The predicted molar refractivity (Wildman–Crippen MR) is 349 cm³/mol. The summed E-state index contributed by atoms with van der Waals surface area (Å²) in [6.45, 7) is 21.0. The molecule has 0 radical (unpaired) electrons. The van der Waals surface area contributed by atoms with Crippen molar-refractivity contribution in [2.75, 3.05) is 9.80 Å². The van der Waals surface area contributed by atoms with Gasteiger partial charge in [0.05, 0.1) is 11.4 Å². The lowest BCUT2D eigenvalue weighted by atomic mass is 9.33. The zero-order chi connectivity index (χ0) is 55.8. The molecule has 0 saturated heterocycles. The Morgan fingerprint density at radius 2 is 0.630 bits per heavy atom. The number of fused-ring (bicyclic) bond motifs is 4. The highest BCUT2D eigenvalue weighted by atomic mass is 15.2. The van der Waals surface area contributed by atoms with Crippen LogP contribution in [0.3, 0.4) is 0 Å². The van der Waals surface area contributed by atoms with Crippen molar-refractivity contribution in [2.45, 2.75) is 78.6 Å². The lowest BCUT2D eigenvalue weighted by molar-refractivity contribution is 0.570. The molecule has 11 aromatic rings. The SMILES string of the molecule is CC(C)(C)c1cc2c3c(c1)N(c1c(-c4ccccc4)cccc1-c1ccccc1)c1ccc(-c4ccc(C(C)(C)C)cc4C(C)(C)C)cc1B3c1cc(-c3ccccc3)ccc1N2c1c(-c2ccccc2)cccc1-c1ccccc1. The van der Waals surface area contributed by atoms with Crippen molar-refractivity contribution in [1.82, 2.24) is 0 Å². The van der Waals surface area contributed by atoms with E-state index in [1.165, 1.54) is 123 Å². The number of anilines is 6. The fourth-order valence-corrected chi connectivity index (χ4v) is 12.8. The normalized spacial score (nSPS) is 12.9. The smallest absolute Gasteiger partial charge is 0.252 e. The molecular weight excluding hydrogens is 976 g/mol. The maximum Gasteiger partial charge on any atom is 0.252 e. The minimum absolute atomic E-state index is 0.00282. The summed E-state index contributed by atoms with van der Waals surface area (Å²) in [5.41, 5.74) is 28.7. The lowest BCUT2D eigenvalue weighted by Gasteiger charge is -2.46. The Bertz CT molecular complexity index is 4010. The fourth-order valence-electron chi connectivity index (χ4n) is 12.8. The van der Waals surface area contributed by atoms with Gasteiger partial charge in [-0.3, -0.25) is 0 Å². The van der Waals surface area contributed by atoms with Gasteiger partial charge in [-0.1, -0.05) is 293 Å². The van der Waals surface area contributed by atoms with E-state index in [4.69, 9.17) is 0 Å². The second-order valence-corrected chi connectivity index (χ2v) is 25.3. The van der Waals surface area contributed by atoms with Gasteiger partial charge in [0.2, 0.25) is 0 Å². The summed E-state index contributed by atoms with van der Waals surface area (Å²) in [7, 11) is 0. The highest BCUT2D eigenvalue weighted by Gasteiger charge is 2.46. The van der Waals surface area contributed by atoms with Crippen molar-refractivity contribution < 1.29 is 0 Å². The highest BCUT2D eigenvalue weighted by molar-refractivity contribution is 7.00. The maximum absolute atomic E-state index is 2.67. The van der Waals surface area contributed by atoms with Crippen LogP contribution in [0.4, 0.5) is 34.1 Å². The van der Waals surface area contributed by atoms with Crippen LogP contribution >= 0.6 is 0 Å². The number of benzene rings is 11. The molecule has 2 aliphatic rings. The standard InChI is InChI=1S/C78H69BN2/c1-76(2,3)59-43-44-61(66(49-59)78(7,8)9)58-42-46-70-68(48-58)79-67-47-57(52-27-15-10-16-28-52)41-45-69(67)80(74-62(53-29-17-11-18-30-53)37-25-38-63(74)54-31-19-12-20-32-54)71-50-60(77(4,5)6)51-72(73(71)79)81(70)75-64(55-33-21-13-22-34-55)39-26-40-65(75)56-35-23-14-24-36-56/h10-51H,1-9H3. The second-order valence-electron chi connectivity index (χ2n) is 25.3. The molecule has 0 amide bonds. The van der Waals surface area contributed by atoms with Gasteiger partial charge in [-0.25, -0.2) is 0 Å². The zero-order valence-corrected chi connectivity index (χ0v) is 48.2. The van der Waals surface area contributed by atoms with Crippen LogP contribution < -0.4 is 26.2 Å². The lowest BCUT2D eigenvalue weighted by Crippen LogP contribution is -2.61. The van der Waals surface area contributed by atoms with E-state index >= 15 is 0 Å². The van der Waals surface area contributed by atoms with E-state index < -0.39 is 0 Å². The molecule has 11 aromatic carbocycles. The average molecular weight is 1050 g/mol. The predicted octanol–water partition coefficient (Wildman–Crippen LogP) is 19.7. The maximum atomic E-state index is 2.67. The number of para-hydroxylation sites is 2. The van der Waals surface area contributed by atoms with E-state index in [9.17, 15) is 0 Å². The number of nitrogens with zero attached hydrogens (tertiary/aromatic N) is 2. The molecule has 0 aliphatic carbocycles. The first-order chi connectivity index (χ1) is 39.1. The van der Waals surface area contributed by atoms with Crippen molar-refractivity contribution in [3.05, 3.63) is 271 Å². The third-order valence-corrected chi connectivity index (χ3v) is 16.9. The molecule has 0 aromatic heterocycles. The first-order valence-electron chi connectivity index (χ1n) is 28.9. The minimum atomic E-state index is -0.231. The highest BCUT2D eigenvalue weighted by Crippen LogP contribution is 2.54. The molecule has 0 bridgehead atoms. The molecule has 0 fully saturated rings. The van der Waals surface area contributed by atoms with Crippen LogP contribution in [0.5, 0.6) is 0 Å². The summed E-state index contributed by atoms with van der Waals surface area (Å²) in [5, 5.41) is 0. The molecule has 81 heavy (non-hydrogen) atoms. The average Bonchev–Trinajstić information content (AvgIpc) is 3.67. The van der Waals surface area contributed by atoms with Crippen LogP contribution in [0.2, 0.25) is 0 Å². The van der Waals surface area contributed by atoms with Crippen molar-refractivity contribution in [2.24, 2.45) is 0 Å². The number of rotatable bonds is 8. The molecule has 0 spiro atoms. The topological polar surface area (TPSA) is 6.48 Å². The Labute approximate surface area is 481 Å². The quantitative estimate of drug-likeness (QED) is 0.140. The van der Waals surface area contributed by atoms with Crippen molar-refractivity contribution >= 4 is 57.2 Å². The summed E-state index contributed by atoms with van der Waals surface area (Å²) >= 11 is 0. The molecular formula is C78H69BN2. The molecule has 0 unspecified atom stereocenters. The van der Waals surface area contributed by atoms with E-state index in [2.05, 4.69) is 327 Å². The Kier molecular flexibility index (Phi) is 12.7. The van der Waals surface area contributed by atoms with Gasteiger partial charge in [0.15, 0.2) is 0 Å². The zero-order valence-electron chi connectivity index (χ0n) is 48.2. The third-order valence-electron chi connectivity index (χ3n) is 16.9. The van der Waals surface area contributed by atoms with Crippen LogP contribution in [0.1, 0.15) is 79.0 Å². The van der Waals surface area contributed by atoms with Crippen LogP contribution in [0.15, 0.2) is 255 Å². The molecule has 2 aliphatic heterocycles. The molecule has 0 N–H and O–H groups in total. The van der Waals surface area contributed by atoms with Gasteiger partial charge in [-0.2, -0.15) is 0 Å². The van der Waals surface area contributed by atoms with Gasteiger partial charge in [0, 0.05) is 45.0 Å². The van der Waals surface area contributed by atoms with Gasteiger partial charge in [0.1, 0.15) is 0 Å². The Hall–Kier alpha value is -8.92. The fraction of sp³-hybridized carbons (Fsp3) is 0.154. The summed E-state index contributed by atoms with van der Waals surface area (Å²) in [6.07, 6.45) is 0. The molecule has 394 valence electrons. The largest absolute Gasteiger partial charge is 0.310 e. The van der Waals surface area contributed by atoms with E-state index in [1.807, 2.05) is 0 Å². The Morgan fingerprint density at radius 3 is 1.01 bits per heavy atom. The van der Waals surface area contributed by atoms with E-state index in [0.717, 1.165) is 11.4 Å². The summed E-state index contributed by atoms with van der Waals surface area (Å²) in [5.74, 6) is 0. The number of hydrogen-bond donors (Lipinski definition) is 0. The van der Waals surface area contributed by atoms with Gasteiger partial charge >= 0.3 is 0 Å². The first-order valence-corrected chi connectivity index (χ1v) is 28.9. The van der Waals surface area contributed by atoms with Crippen molar-refractivity contribution in [3.8, 4) is 66.8 Å². The van der Waals surface area contributed by atoms with E-state index in [-0.39, 0.29) is 23.0 Å². The molecule has 13 rings (SSSR count). The molecule has 2 heterocycles. The summed E-state index contributed by atoms with van der Waals surface area (Å²) in [4.78, 5) is 5.34. The van der Waals surface area contributed by atoms with Gasteiger partial charge in [-0.05, 0) is 118 Å². The van der Waals surface area contributed by atoms with Gasteiger partial charge in [0.25, 0.3) is 6.71 Å². The Balaban J connectivity index is 1.22. The van der Waals surface area contributed by atoms with Crippen molar-refractivity contribution in [1.29, 1.82) is 0 Å². The third kappa shape index (κ3) is 9.20. The van der Waals surface area contributed by atoms with Crippen LogP contribution in [0, 0.1) is 0 Å². The molecule has 0 atom stereocenters. The monoisotopic (exact) mass is 1040 g/mol. The van der Waals surface area contributed by atoms with E-state index in [0.29, 0.717) is 0 Å². The van der Waals surface area contributed by atoms with Crippen LogP contribution in [0.25, 0.3) is 66.8 Å². The van der Waals surface area contributed by atoms with Crippen molar-refractivity contribution in [3.63, 3.8) is 0 Å². The molecule has 0 saturated carbocycles. The summed E-state index contributed by atoms with van der Waals surface area (Å²) in [6, 6.07) is 96.0. The minimum Gasteiger partial charge on any atom is -0.310 e. The molecule has 3 heteroatoms. The first kappa shape index (κ1) is 51.5. The number of hydrogen-bond acceptors (Lipinski definition) is 2. The second kappa shape index (κ2) is 20.0. The van der Waals surface area contributed by atoms with E-state index in [1.54, 1.807) is 0 Å². The van der Waals surface area contributed by atoms with Crippen LogP contribution in [-0.2, 0) is 16.2 Å².